The summed E-state index contributed by atoms with van der Waals surface area (Å²) in [7, 11) is 3.01. The van der Waals surface area contributed by atoms with Crippen LogP contribution in [0.5, 0.6) is 0 Å². The minimum absolute atomic E-state index is 0.0423. The number of esters is 4. The zero-order chi connectivity index (χ0) is 49.5. The van der Waals surface area contributed by atoms with Crippen LogP contribution < -0.4 is 5.32 Å². The molecule has 4 N–H and O–H groups in total. The van der Waals surface area contributed by atoms with Gasteiger partial charge in [0.25, 0.3) is 5.91 Å². The Bertz CT molecular complexity index is 2480. The number of fused-ring (bicyclic) bond motifs is 5. The molecule has 4 aliphatic rings. The van der Waals surface area contributed by atoms with Crippen LogP contribution in [-0.2, 0) is 47.7 Å². The summed E-state index contributed by atoms with van der Waals surface area (Å²) in [4.78, 5) is 99.2. The first-order chi connectivity index (χ1) is 32.1. The van der Waals surface area contributed by atoms with E-state index in [1.54, 1.807) is 78.9 Å². The van der Waals surface area contributed by atoms with Crippen LogP contribution in [0.1, 0.15) is 92.6 Å². The molecule has 68 heavy (non-hydrogen) atoms. The van der Waals surface area contributed by atoms with Gasteiger partial charge in [0.05, 0.1) is 42.1 Å². The normalized spacial score (nSPS) is 30.0. The van der Waals surface area contributed by atoms with Gasteiger partial charge in [-0.2, -0.15) is 0 Å². The predicted molar refractivity (Wildman–Crippen MR) is 240 cm³/mol. The highest BCUT2D eigenvalue weighted by molar-refractivity contribution is 5.96. The van der Waals surface area contributed by atoms with Crippen molar-refractivity contribution in [1.82, 2.24) is 10.2 Å². The molecule has 1 saturated heterocycles. The maximum atomic E-state index is 15.9. The number of aliphatic hydroxyl groups is 3. The van der Waals surface area contributed by atoms with Gasteiger partial charge in [0.1, 0.15) is 23.9 Å². The van der Waals surface area contributed by atoms with Crippen LogP contribution >= 0.6 is 0 Å². The van der Waals surface area contributed by atoms with Crippen LogP contribution in [-0.4, -0.2) is 130 Å². The van der Waals surface area contributed by atoms with Crippen molar-refractivity contribution in [2.75, 3.05) is 20.7 Å². The SMILES string of the molecule is CC(=O)O[C@@]12CO[C@@H]1C[C@H](O)[C@@]1(C)C(=O)[C@H](OC(=O)CCC(=O)N(C)C)C3=C(C)[C@@H](OC(=O)[C@H](O)[C@@H](NC(=O)c4ccccc4)c4ccccc4)C[C@@](O)([C@@H](OC(=O)c4ccccc4)[C@H]21)C3(C)C. The number of nitrogens with zero attached hydrogens (tertiary/aromatic N) is 1. The summed E-state index contributed by atoms with van der Waals surface area (Å²) in [6.45, 7) is 6.72. The van der Waals surface area contributed by atoms with E-state index in [0.717, 1.165) is 6.92 Å². The Balaban J connectivity index is 1.40. The van der Waals surface area contributed by atoms with Gasteiger partial charge in [-0.25, -0.2) is 9.59 Å². The van der Waals surface area contributed by atoms with Crippen LogP contribution in [0.4, 0.5) is 0 Å². The van der Waals surface area contributed by atoms with E-state index in [-0.39, 0.29) is 41.7 Å². The summed E-state index contributed by atoms with van der Waals surface area (Å²) in [6, 6.07) is 22.7. The lowest BCUT2D eigenvalue weighted by Crippen LogP contribution is -2.82. The molecule has 0 aromatic heterocycles. The van der Waals surface area contributed by atoms with Gasteiger partial charge in [-0.15, -0.1) is 0 Å². The van der Waals surface area contributed by atoms with Gasteiger partial charge < -0.3 is 49.2 Å². The molecule has 0 spiro atoms. The fraction of sp³-hybridized carbons (Fsp3) is 0.471. The van der Waals surface area contributed by atoms with Gasteiger partial charge in [-0.1, -0.05) is 80.6 Å². The molecule has 17 heteroatoms. The van der Waals surface area contributed by atoms with Crippen molar-refractivity contribution in [1.29, 1.82) is 0 Å². The van der Waals surface area contributed by atoms with E-state index in [1.165, 1.54) is 58.8 Å². The second-order valence-electron chi connectivity index (χ2n) is 19.0. The number of ether oxygens (including phenoxy) is 5. The molecular weight excluding hydrogens is 881 g/mol. The zero-order valence-corrected chi connectivity index (χ0v) is 39.0. The molecule has 1 aliphatic heterocycles. The summed E-state index contributed by atoms with van der Waals surface area (Å²) < 4.78 is 30.7. The smallest absolute Gasteiger partial charge is 0.338 e. The molecule has 2 amide bonds. The van der Waals surface area contributed by atoms with Crippen LogP contribution in [0.15, 0.2) is 102 Å². The van der Waals surface area contributed by atoms with E-state index in [9.17, 15) is 44.1 Å². The third-order valence-corrected chi connectivity index (χ3v) is 14.5. The van der Waals surface area contributed by atoms with Crippen molar-refractivity contribution in [3.05, 3.63) is 119 Å². The number of hydrogen-bond donors (Lipinski definition) is 4. The first-order valence-electron chi connectivity index (χ1n) is 22.5. The van der Waals surface area contributed by atoms with Gasteiger partial charge in [-0.3, -0.25) is 24.0 Å². The van der Waals surface area contributed by atoms with Gasteiger partial charge in [0.2, 0.25) is 5.91 Å². The molecule has 3 aliphatic carbocycles. The maximum Gasteiger partial charge on any atom is 0.338 e. The van der Waals surface area contributed by atoms with Crippen LogP contribution in [0.2, 0.25) is 0 Å². The van der Waals surface area contributed by atoms with Gasteiger partial charge in [0.15, 0.2) is 23.6 Å². The van der Waals surface area contributed by atoms with Crippen LogP contribution in [0.25, 0.3) is 0 Å². The first-order valence-corrected chi connectivity index (χ1v) is 22.5. The van der Waals surface area contributed by atoms with Crippen molar-refractivity contribution in [2.24, 2.45) is 16.7 Å². The number of aliphatic hydroxyl groups excluding tert-OH is 2. The number of benzene rings is 3. The van der Waals surface area contributed by atoms with E-state index in [1.807, 2.05) is 0 Å². The number of ketones is 1. The largest absolute Gasteiger partial charge is 0.456 e. The molecule has 17 nitrogen and oxygen atoms in total. The lowest BCUT2D eigenvalue weighted by atomic mass is 9.44. The lowest BCUT2D eigenvalue weighted by molar-refractivity contribution is -0.346. The molecule has 7 rings (SSSR count). The minimum atomic E-state index is -2.47. The van der Waals surface area contributed by atoms with Gasteiger partial charge in [-0.05, 0) is 54.8 Å². The number of carbonyl (C=O) groups is 7. The Labute approximate surface area is 393 Å². The standard InChI is InChI=1S/C51H58N2O15/c1-28-33(65-47(62)40(58)39(30-17-11-8-12-18-30)52-45(60)31-19-13-9-14-20-31)26-51(63)44(67-46(61)32-21-15-10-16-22-32)42-49(5,34(55)25-35-50(42,27-64-35)68-29(2)54)43(59)41(38(28)48(51,3)4)66-37(57)24-23-36(56)53(6)7/h8-22,33-35,39-42,44,55,58,63H,23-27H2,1-7H3,(H,52,60)/t33-,34-,35+,39-,40+,41+,42-,44-,49+,50-,51+/m0/s1. The second-order valence-corrected chi connectivity index (χ2v) is 19.0. The average molecular weight is 939 g/mol. The highest BCUT2D eigenvalue weighted by atomic mass is 16.6. The summed E-state index contributed by atoms with van der Waals surface area (Å²) >= 11 is 0. The van der Waals surface area contributed by atoms with E-state index in [0.29, 0.717) is 5.56 Å². The molecule has 2 bridgehead atoms. The van der Waals surface area contributed by atoms with Gasteiger partial charge >= 0.3 is 23.9 Å². The number of carbonyl (C=O) groups excluding carboxylic acids is 7. The second kappa shape index (κ2) is 19.0. The third kappa shape index (κ3) is 8.72. The maximum absolute atomic E-state index is 15.9. The van der Waals surface area contributed by atoms with E-state index in [4.69, 9.17) is 23.7 Å². The molecule has 362 valence electrons. The molecule has 0 radical (unpaired) electrons. The molecule has 3 aromatic rings. The summed E-state index contributed by atoms with van der Waals surface area (Å²) in [5.74, 6) is -7.61. The Hall–Kier alpha value is -6.27. The Morgan fingerprint density at radius 3 is 2.00 bits per heavy atom. The number of rotatable bonds is 13. The van der Waals surface area contributed by atoms with Crippen molar-refractivity contribution in [2.45, 2.75) is 114 Å². The predicted octanol–water partition coefficient (Wildman–Crippen LogP) is 3.58. The third-order valence-electron chi connectivity index (χ3n) is 14.5. The quantitative estimate of drug-likeness (QED) is 0.109. The molecule has 0 unspecified atom stereocenters. The molecule has 11 atom stereocenters. The lowest BCUT2D eigenvalue weighted by Gasteiger charge is -2.67. The molecular formula is C51H58N2O15. The van der Waals surface area contributed by atoms with E-state index in [2.05, 4.69) is 5.32 Å². The number of amides is 2. The Kier molecular flexibility index (Phi) is 13.9. The number of nitrogens with one attached hydrogen (secondary N) is 1. The van der Waals surface area contributed by atoms with Crippen molar-refractivity contribution < 1.29 is 72.6 Å². The molecule has 3 aromatic carbocycles. The fourth-order valence-corrected chi connectivity index (χ4v) is 10.6. The van der Waals surface area contributed by atoms with E-state index < -0.39 is 125 Å². The average Bonchev–Trinajstić information content (AvgIpc) is 3.31. The minimum Gasteiger partial charge on any atom is -0.456 e. The highest BCUT2D eigenvalue weighted by Gasteiger charge is 2.78. The number of Topliss-reactive ketones (excluding diaryl/α,β-unsaturated/α-hetero) is 1. The van der Waals surface area contributed by atoms with Crippen molar-refractivity contribution in [3.63, 3.8) is 0 Å². The number of hydrogen-bond acceptors (Lipinski definition) is 15. The molecule has 1 heterocycles. The monoisotopic (exact) mass is 938 g/mol. The first kappa shape index (κ1) is 49.6. The Morgan fingerprint density at radius 1 is 0.853 bits per heavy atom. The van der Waals surface area contributed by atoms with Gasteiger partial charge in [0, 0.05) is 51.3 Å². The molecule has 3 fully saturated rings. The summed E-state index contributed by atoms with van der Waals surface area (Å²) in [6.07, 6.45) is -11.8. The van der Waals surface area contributed by atoms with Crippen molar-refractivity contribution in [3.8, 4) is 0 Å². The highest BCUT2D eigenvalue weighted by Crippen LogP contribution is 2.64. The van der Waals surface area contributed by atoms with Crippen LogP contribution in [0.3, 0.4) is 0 Å². The Morgan fingerprint density at radius 2 is 1.44 bits per heavy atom. The fourth-order valence-electron chi connectivity index (χ4n) is 10.6. The summed E-state index contributed by atoms with van der Waals surface area (Å²) in [5, 5.41) is 40.7. The van der Waals surface area contributed by atoms with Crippen molar-refractivity contribution >= 4 is 41.5 Å². The molecule has 2 saturated carbocycles. The topological polar surface area (TPSA) is 242 Å². The zero-order valence-electron chi connectivity index (χ0n) is 39.0. The van der Waals surface area contributed by atoms with E-state index >= 15 is 4.79 Å². The van der Waals surface area contributed by atoms with Crippen LogP contribution in [0, 0.1) is 16.7 Å². The summed E-state index contributed by atoms with van der Waals surface area (Å²) in [5.41, 5.74) is -7.54.